The summed E-state index contributed by atoms with van der Waals surface area (Å²) >= 11 is 0. The highest BCUT2D eigenvalue weighted by molar-refractivity contribution is 5.97. The van der Waals surface area contributed by atoms with Gasteiger partial charge in [-0.2, -0.15) is 0 Å². The van der Waals surface area contributed by atoms with Crippen molar-refractivity contribution >= 4 is 5.91 Å². The molecule has 0 atom stereocenters. The molecular formula is C18H26N4O3. The molecule has 1 N–H and O–H groups in total. The van der Waals surface area contributed by atoms with Crippen molar-refractivity contribution in [3.63, 3.8) is 0 Å². The molecule has 0 radical (unpaired) electrons. The van der Waals surface area contributed by atoms with Gasteiger partial charge in [0.15, 0.2) is 11.5 Å². The number of amides is 1. The van der Waals surface area contributed by atoms with E-state index in [1.807, 2.05) is 25.9 Å². The summed E-state index contributed by atoms with van der Waals surface area (Å²) in [4.78, 5) is 24.4. The fourth-order valence-corrected chi connectivity index (χ4v) is 2.53. The maximum absolute atomic E-state index is 13.2. The van der Waals surface area contributed by atoms with Crippen molar-refractivity contribution in [3.05, 3.63) is 41.5 Å². The Labute approximate surface area is 148 Å². The predicted molar refractivity (Wildman–Crippen MR) is 96.2 cm³/mol. The van der Waals surface area contributed by atoms with Crippen LogP contribution < -0.4 is 9.47 Å². The number of likely N-dealkylation sites (N-methyl/N-ethyl adjacent to an activating group) is 1. The van der Waals surface area contributed by atoms with Gasteiger partial charge >= 0.3 is 0 Å². The van der Waals surface area contributed by atoms with Gasteiger partial charge < -0.3 is 24.3 Å². The minimum atomic E-state index is -0.111. The number of ether oxygens (including phenoxy) is 2. The summed E-state index contributed by atoms with van der Waals surface area (Å²) in [5.41, 5.74) is 2.29. The van der Waals surface area contributed by atoms with Crippen LogP contribution in [0, 0.1) is 6.92 Å². The quantitative estimate of drug-likeness (QED) is 0.791. The molecule has 0 saturated heterocycles. The van der Waals surface area contributed by atoms with Crippen molar-refractivity contribution in [1.82, 2.24) is 19.8 Å². The summed E-state index contributed by atoms with van der Waals surface area (Å²) < 4.78 is 10.7. The van der Waals surface area contributed by atoms with Crippen molar-refractivity contribution in [2.75, 3.05) is 41.4 Å². The largest absolute Gasteiger partial charge is 0.493 e. The number of aryl methyl sites for hydroxylation is 1. The molecule has 0 bridgehead atoms. The highest BCUT2D eigenvalue weighted by atomic mass is 16.5. The Bertz CT molecular complexity index is 712. The van der Waals surface area contributed by atoms with E-state index >= 15 is 0 Å². The van der Waals surface area contributed by atoms with E-state index in [-0.39, 0.29) is 5.91 Å². The molecule has 0 fully saturated rings. The summed E-state index contributed by atoms with van der Waals surface area (Å²) in [7, 11) is 7.06. The van der Waals surface area contributed by atoms with Crippen LogP contribution in [-0.4, -0.2) is 67.1 Å². The molecule has 0 aliphatic carbocycles. The van der Waals surface area contributed by atoms with Crippen molar-refractivity contribution in [3.8, 4) is 11.5 Å². The third-order valence-electron chi connectivity index (χ3n) is 4.01. The molecule has 0 spiro atoms. The van der Waals surface area contributed by atoms with Crippen LogP contribution in [0.25, 0.3) is 0 Å². The van der Waals surface area contributed by atoms with Gasteiger partial charge in [0.2, 0.25) is 0 Å². The number of hydrogen-bond acceptors (Lipinski definition) is 5. The van der Waals surface area contributed by atoms with Gasteiger partial charge in [-0.15, -0.1) is 0 Å². The number of H-pyrrole nitrogens is 1. The topological polar surface area (TPSA) is 70.7 Å². The third kappa shape index (κ3) is 4.51. The van der Waals surface area contributed by atoms with E-state index in [1.165, 1.54) is 7.11 Å². The molecule has 0 aliphatic rings. The third-order valence-corrected chi connectivity index (χ3v) is 4.01. The standard InChI is InChI=1S/C18H26N4O3/c1-13-15(20-12-19-13)11-22(10-9-21(2)3)18(23)14-7-6-8-16(24-4)17(14)25-5/h6-8,12H,9-11H2,1-5H3,(H,19,20). The molecule has 7 heteroatoms. The van der Waals surface area contributed by atoms with E-state index in [9.17, 15) is 4.79 Å². The number of methoxy groups -OCH3 is 2. The summed E-state index contributed by atoms with van der Waals surface area (Å²) in [6.45, 7) is 3.71. The maximum Gasteiger partial charge on any atom is 0.258 e. The molecule has 1 aromatic heterocycles. The van der Waals surface area contributed by atoms with Crippen molar-refractivity contribution < 1.29 is 14.3 Å². The fraction of sp³-hybridized carbons (Fsp3) is 0.444. The van der Waals surface area contributed by atoms with E-state index in [1.54, 1.807) is 36.5 Å². The number of nitrogens with zero attached hydrogens (tertiary/aromatic N) is 3. The lowest BCUT2D eigenvalue weighted by Gasteiger charge is -2.25. The van der Waals surface area contributed by atoms with Crippen LogP contribution >= 0.6 is 0 Å². The average molecular weight is 346 g/mol. The number of nitrogens with one attached hydrogen (secondary N) is 1. The summed E-state index contributed by atoms with van der Waals surface area (Å²) in [6, 6.07) is 5.32. The van der Waals surface area contributed by atoms with Crippen molar-refractivity contribution in [2.45, 2.75) is 13.5 Å². The number of carbonyl (C=O) groups is 1. The Hall–Kier alpha value is -2.54. The lowest BCUT2D eigenvalue weighted by molar-refractivity contribution is 0.0725. The monoisotopic (exact) mass is 346 g/mol. The van der Waals surface area contributed by atoms with Crippen molar-refractivity contribution in [2.24, 2.45) is 0 Å². The Morgan fingerprint density at radius 2 is 1.96 bits per heavy atom. The number of benzene rings is 1. The molecule has 1 amide bonds. The first kappa shape index (κ1) is 18.8. The van der Waals surface area contributed by atoms with Crippen LogP contribution in [0.3, 0.4) is 0 Å². The van der Waals surface area contributed by atoms with Gasteiger partial charge in [-0.1, -0.05) is 6.07 Å². The molecule has 25 heavy (non-hydrogen) atoms. The first-order valence-electron chi connectivity index (χ1n) is 8.11. The number of carbonyl (C=O) groups excluding carboxylic acids is 1. The Morgan fingerprint density at radius 3 is 2.52 bits per heavy atom. The van der Waals surface area contributed by atoms with Crippen LogP contribution in [0.4, 0.5) is 0 Å². The average Bonchev–Trinajstić information content (AvgIpc) is 3.01. The van der Waals surface area contributed by atoms with Gasteiger partial charge in [0.05, 0.1) is 38.3 Å². The maximum atomic E-state index is 13.2. The number of rotatable bonds is 8. The number of aromatic amines is 1. The number of imidazole rings is 1. The fourth-order valence-electron chi connectivity index (χ4n) is 2.53. The summed E-state index contributed by atoms with van der Waals surface area (Å²) in [5.74, 6) is 0.875. The van der Waals surface area contributed by atoms with Crippen LogP contribution in [0.15, 0.2) is 24.5 Å². The minimum absolute atomic E-state index is 0.111. The molecule has 0 unspecified atom stereocenters. The minimum Gasteiger partial charge on any atom is -0.493 e. The lowest BCUT2D eigenvalue weighted by Crippen LogP contribution is -2.36. The Balaban J connectivity index is 2.33. The Kier molecular flexibility index (Phi) is 6.41. The second kappa shape index (κ2) is 8.53. The van der Waals surface area contributed by atoms with Gasteiger partial charge in [0.1, 0.15) is 0 Å². The molecular weight excluding hydrogens is 320 g/mol. The van der Waals surface area contributed by atoms with E-state index in [0.717, 1.165) is 17.9 Å². The number of hydrogen-bond donors (Lipinski definition) is 1. The molecule has 0 saturated carbocycles. The van der Waals surface area contributed by atoms with E-state index in [0.29, 0.717) is 30.2 Å². The molecule has 1 aromatic carbocycles. The highest BCUT2D eigenvalue weighted by Gasteiger charge is 2.23. The molecule has 7 nitrogen and oxygen atoms in total. The second-order valence-corrected chi connectivity index (χ2v) is 6.05. The first-order chi connectivity index (χ1) is 12.0. The smallest absolute Gasteiger partial charge is 0.258 e. The van der Waals surface area contributed by atoms with E-state index < -0.39 is 0 Å². The molecule has 2 rings (SSSR count). The van der Waals surface area contributed by atoms with Crippen LogP contribution in [0.2, 0.25) is 0 Å². The van der Waals surface area contributed by atoms with Gasteiger partial charge in [-0.05, 0) is 33.2 Å². The van der Waals surface area contributed by atoms with Gasteiger partial charge in [-0.3, -0.25) is 4.79 Å². The molecule has 1 heterocycles. The molecule has 0 aliphatic heterocycles. The predicted octanol–water partition coefficient (Wildman–Crippen LogP) is 1.94. The zero-order chi connectivity index (χ0) is 18.4. The second-order valence-electron chi connectivity index (χ2n) is 6.05. The molecule has 136 valence electrons. The van der Waals surface area contributed by atoms with Crippen LogP contribution in [0.5, 0.6) is 11.5 Å². The van der Waals surface area contributed by atoms with E-state index in [4.69, 9.17) is 9.47 Å². The summed E-state index contributed by atoms with van der Waals surface area (Å²) in [5, 5.41) is 0. The summed E-state index contributed by atoms with van der Waals surface area (Å²) in [6.07, 6.45) is 1.64. The Morgan fingerprint density at radius 1 is 1.20 bits per heavy atom. The van der Waals surface area contributed by atoms with Gasteiger partial charge in [0, 0.05) is 18.8 Å². The van der Waals surface area contributed by atoms with Crippen LogP contribution in [-0.2, 0) is 6.54 Å². The first-order valence-corrected chi connectivity index (χ1v) is 8.11. The number of aromatic nitrogens is 2. The van der Waals surface area contributed by atoms with Crippen molar-refractivity contribution in [1.29, 1.82) is 0 Å². The van der Waals surface area contributed by atoms with Gasteiger partial charge in [-0.25, -0.2) is 4.98 Å². The highest BCUT2D eigenvalue weighted by Crippen LogP contribution is 2.31. The zero-order valence-corrected chi connectivity index (χ0v) is 15.5. The lowest BCUT2D eigenvalue weighted by atomic mass is 10.1. The SMILES string of the molecule is COc1cccc(C(=O)N(CCN(C)C)Cc2nc[nH]c2C)c1OC. The molecule has 2 aromatic rings. The van der Waals surface area contributed by atoms with Crippen LogP contribution in [0.1, 0.15) is 21.7 Å². The zero-order valence-electron chi connectivity index (χ0n) is 15.5. The van der Waals surface area contributed by atoms with E-state index in [2.05, 4.69) is 9.97 Å². The normalized spacial score (nSPS) is 10.8. The number of para-hydroxylation sites is 1. The van der Waals surface area contributed by atoms with Gasteiger partial charge in [0.25, 0.3) is 5.91 Å².